The predicted octanol–water partition coefficient (Wildman–Crippen LogP) is 0.672. The molecular formula is C8H11N3O2. The summed E-state index contributed by atoms with van der Waals surface area (Å²) in [7, 11) is 0. The second kappa shape index (κ2) is 2.25. The predicted molar refractivity (Wildman–Crippen MR) is 46.5 cm³/mol. The lowest BCUT2D eigenvalue weighted by Crippen LogP contribution is -2.17. The number of aromatic carboxylic acids is 1. The van der Waals surface area contributed by atoms with Crippen molar-refractivity contribution in [1.29, 1.82) is 0 Å². The van der Waals surface area contributed by atoms with Crippen LogP contribution in [-0.2, 0) is 5.54 Å². The summed E-state index contributed by atoms with van der Waals surface area (Å²) >= 11 is 0. The smallest absolute Gasteiger partial charge is 0.341 e. The monoisotopic (exact) mass is 181 g/mol. The number of carboxylic acid groups (broad SMARTS) is 1. The van der Waals surface area contributed by atoms with Gasteiger partial charge in [0.25, 0.3) is 0 Å². The fourth-order valence-electron chi connectivity index (χ4n) is 1.35. The molecule has 0 aromatic carbocycles. The molecule has 0 radical (unpaired) electrons. The third-order valence-corrected chi connectivity index (χ3v) is 2.52. The Morgan fingerprint density at radius 1 is 1.77 bits per heavy atom. The fourth-order valence-corrected chi connectivity index (χ4v) is 1.35. The van der Waals surface area contributed by atoms with Crippen LogP contribution >= 0.6 is 0 Å². The molecule has 0 spiro atoms. The molecule has 13 heavy (non-hydrogen) atoms. The van der Waals surface area contributed by atoms with Crippen molar-refractivity contribution in [1.82, 2.24) is 9.78 Å². The zero-order valence-electron chi connectivity index (χ0n) is 7.32. The Morgan fingerprint density at radius 3 is 2.77 bits per heavy atom. The molecule has 1 aromatic rings. The Labute approximate surface area is 75.2 Å². The second-order valence-electron chi connectivity index (χ2n) is 3.66. The van der Waals surface area contributed by atoms with Gasteiger partial charge in [0.15, 0.2) is 0 Å². The molecule has 1 aliphatic carbocycles. The number of carbonyl (C=O) groups is 1. The van der Waals surface area contributed by atoms with Gasteiger partial charge in [-0.2, -0.15) is 5.10 Å². The Bertz CT molecular complexity index is 365. The van der Waals surface area contributed by atoms with Gasteiger partial charge in [-0.25, -0.2) is 9.48 Å². The molecule has 0 saturated heterocycles. The van der Waals surface area contributed by atoms with Crippen LogP contribution in [0.1, 0.15) is 30.1 Å². The van der Waals surface area contributed by atoms with E-state index in [1.54, 1.807) is 4.68 Å². The Kier molecular flexibility index (Phi) is 1.40. The molecule has 1 aliphatic rings. The summed E-state index contributed by atoms with van der Waals surface area (Å²) in [6.07, 6.45) is 3.33. The van der Waals surface area contributed by atoms with Crippen molar-refractivity contribution in [2.75, 3.05) is 5.73 Å². The van der Waals surface area contributed by atoms with E-state index in [1.165, 1.54) is 6.20 Å². The topological polar surface area (TPSA) is 81.1 Å². The minimum atomic E-state index is -1.02. The number of carboxylic acids is 1. The van der Waals surface area contributed by atoms with Gasteiger partial charge >= 0.3 is 5.97 Å². The largest absolute Gasteiger partial charge is 0.477 e. The highest BCUT2D eigenvalue weighted by atomic mass is 16.4. The van der Waals surface area contributed by atoms with Crippen molar-refractivity contribution in [2.24, 2.45) is 0 Å². The number of nitrogen functional groups attached to an aromatic ring is 1. The van der Waals surface area contributed by atoms with Gasteiger partial charge in [-0.05, 0) is 19.8 Å². The number of nitrogens with two attached hydrogens (primary N) is 1. The zero-order valence-corrected chi connectivity index (χ0v) is 7.32. The first-order valence-corrected chi connectivity index (χ1v) is 4.12. The highest BCUT2D eigenvalue weighted by Crippen LogP contribution is 2.44. The minimum absolute atomic E-state index is 0.0439. The van der Waals surface area contributed by atoms with E-state index in [1.807, 2.05) is 6.92 Å². The average molecular weight is 181 g/mol. The van der Waals surface area contributed by atoms with Crippen LogP contribution in [0.15, 0.2) is 6.20 Å². The highest BCUT2D eigenvalue weighted by Gasteiger charge is 2.42. The second-order valence-corrected chi connectivity index (χ2v) is 3.66. The van der Waals surface area contributed by atoms with E-state index in [9.17, 15) is 4.79 Å². The van der Waals surface area contributed by atoms with Gasteiger partial charge in [0, 0.05) is 0 Å². The van der Waals surface area contributed by atoms with Crippen LogP contribution in [0.25, 0.3) is 0 Å². The van der Waals surface area contributed by atoms with Crippen molar-refractivity contribution < 1.29 is 9.90 Å². The maximum atomic E-state index is 10.6. The van der Waals surface area contributed by atoms with Crippen molar-refractivity contribution in [3.8, 4) is 0 Å². The van der Waals surface area contributed by atoms with Crippen LogP contribution in [0.3, 0.4) is 0 Å². The van der Waals surface area contributed by atoms with E-state index in [4.69, 9.17) is 10.8 Å². The molecule has 70 valence electrons. The summed E-state index contributed by atoms with van der Waals surface area (Å²) in [4.78, 5) is 10.6. The molecule has 1 heterocycles. The summed E-state index contributed by atoms with van der Waals surface area (Å²) in [6.45, 7) is 2.02. The van der Waals surface area contributed by atoms with E-state index in [2.05, 4.69) is 5.10 Å². The van der Waals surface area contributed by atoms with Crippen LogP contribution in [0, 0.1) is 0 Å². The van der Waals surface area contributed by atoms with Crippen LogP contribution < -0.4 is 5.73 Å². The number of hydrogen-bond acceptors (Lipinski definition) is 3. The summed E-state index contributed by atoms with van der Waals surface area (Å²) in [6, 6.07) is 0. The van der Waals surface area contributed by atoms with Crippen molar-refractivity contribution in [3.05, 3.63) is 11.8 Å². The SMILES string of the molecule is CC1(n2ncc(C(=O)O)c2N)CC1. The van der Waals surface area contributed by atoms with Crippen LogP contribution in [-0.4, -0.2) is 20.9 Å². The first-order valence-electron chi connectivity index (χ1n) is 4.12. The van der Waals surface area contributed by atoms with Crippen molar-refractivity contribution in [2.45, 2.75) is 25.3 Å². The molecule has 5 heteroatoms. The first-order chi connectivity index (χ1) is 6.04. The van der Waals surface area contributed by atoms with E-state index >= 15 is 0 Å². The summed E-state index contributed by atoms with van der Waals surface area (Å²) in [5, 5.41) is 12.7. The lowest BCUT2D eigenvalue weighted by molar-refractivity contribution is 0.0698. The summed E-state index contributed by atoms with van der Waals surface area (Å²) in [5.74, 6) is -0.763. The third kappa shape index (κ3) is 1.07. The van der Waals surface area contributed by atoms with Gasteiger partial charge in [-0.15, -0.1) is 0 Å². The Hall–Kier alpha value is -1.52. The van der Waals surface area contributed by atoms with E-state index in [0.29, 0.717) is 0 Å². The maximum Gasteiger partial charge on any atom is 0.341 e. The van der Waals surface area contributed by atoms with Gasteiger partial charge < -0.3 is 10.8 Å². The van der Waals surface area contributed by atoms with Crippen molar-refractivity contribution >= 4 is 11.8 Å². The van der Waals surface area contributed by atoms with E-state index < -0.39 is 5.97 Å². The van der Waals surface area contributed by atoms with Crippen molar-refractivity contribution in [3.63, 3.8) is 0 Å². The Morgan fingerprint density at radius 2 is 2.38 bits per heavy atom. The van der Waals surface area contributed by atoms with E-state index in [-0.39, 0.29) is 16.9 Å². The lowest BCUT2D eigenvalue weighted by atomic mass is 10.3. The number of nitrogens with zero attached hydrogens (tertiary/aromatic N) is 2. The van der Waals surface area contributed by atoms with Crippen LogP contribution in [0.2, 0.25) is 0 Å². The first kappa shape index (κ1) is 8.10. The van der Waals surface area contributed by atoms with Gasteiger partial charge in [0.05, 0.1) is 11.7 Å². The summed E-state index contributed by atoms with van der Waals surface area (Å²) in [5.41, 5.74) is 5.70. The molecule has 0 amide bonds. The molecule has 5 nitrogen and oxygen atoms in total. The maximum absolute atomic E-state index is 10.6. The van der Waals surface area contributed by atoms with Gasteiger partial charge in [-0.3, -0.25) is 0 Å². The zero-order chi connectivity index (χ0) is 9.64. The van der Waals surface area contributed by atoms with Gasteiger partial charge in [0.2, 0.25) is 0 Å². The summed E-state index contributed by atoms with van der Waals surface area (Å²) < 4.78 is 1.61. The molecule has 0 atom stereocenters. The molecule has 2 rings (SSSR count). The molecule has 0 bridgehead atoms. The lowest BCUT2D eigenvalue weighted by Gasteiger charge is -2.10. The minimum Gasteiger partial charge on any atom is -0.477 e. The number of anilines is 1. The number of aromatic nitrogens is 2. The number of hydrogen-bond donors (Lipinski definition) is 2. The molecular weight excluding hydrogens is 170 g/mol. The van der Waals surface area contributed by atoms with Gasteiger partial charge in [-0.1, -0.05) is 0 Å². The molecule has 1 fully saturated rings. The number of rotatable bonds is 2. The quantitative estimate of drug-likeness (QED) is 0.702. The molecule has 1 saturated carbocycles. The molecule has 0 aliphatic heterocycles. The average Bonchev–Trinajstić information content (AvgIpc) is 2.63. The fraction of sp³-hybridized carbons (Fsp3) is 0.500. The van der Waals surface area contributed by atoms with Crippen LogP contribution in [0.4, 0.5) is 5.82 Å². The molecule has 3 N–H and O–H groups in total. The molecule has 1 aromatic heterocycles. The van der Waals surface area contributed by atoms with Gasteiger partial charge in [0.1, 0.15) is 11.4 Å². The normalized spacial score (nSPS) is 18.5. The standard InChI is InChI=1S/C8H11N3O2/c1-8(2-3-8)11-6(9)5(4-10-11)7(12)13/h4H,2-3,9H2,1H3,(H,12,13). The third-order valence-electron chi connectivity index (χ3n) is 2.52. The molecule has 0 unspecified atom stereocenters. The van der Waals surface area contributed by atoms with Crippen LogP contribution in [0.5, 0.6) is 0 Å². The Balaban J connectivity index is 2.44. The van der Waals surface area contributed by atoms with E-state index in [0.717, 1.165) is 12.8 Å². The highest BCUT2D eigenvalue weighted by molar-refractivity contribution is 5.92.